The molecule has 2 aromatic rings. The second-order valence-electron chi connectivity index (χ2n) is 3.19. The number of nitrogens with one attached hydrogen (secondary N) is 1. The highest BCUT2D eigenvalue weighted by Gasteiger charge is 2.01. The van der Waals surface area contributed by atoms with E-state index in [0.717, 1.165) is 15.9 Å². The van der Waals surface area contributed by atoms with E-state index in [-0.39, 0.29) is 0 Å². The van der Waals surface area contributed by atoms with Gasteiger partial charge in [0.2, 0.25) is 0 Å². The van der Waals surface area contributed by atoms with E-state index in [9.17, 15) is 0 Å². The van der Waals surface area contributed by atoms with E-state index in [0.29, 0.717) is 16.8 Å². The molecule has 0 aliphatic heterocycles. The van der Waals surface area contributed by atoms with E-state index in [1.54, 1.807) is 6.07 Å². The molecular weight excluding hydrogens is 313 g/mol. The van der Waals surface area contributed by atoms with Gasteiger partial charge in [0.05, 0.1) is 11.6 Å². The fourth-order valence-corrected chi connectivity index (χ4v) is 1.83. The van der Waals surface area contributed by atoms with Crippen molar-refractivity contribution in [1.82, 2.24) is 0 Å². The van der Waals surface area contributed by atoms with Crippen LogP contribution in [0.2, 0.25) is 10.2 Å². The van der Waals surface area contributed by atoms with Gasteiger partial charge in [0.15, 0.2) is 5.22 Å². The van der Waals surface area contributed by atoms with Crippen molar-refractivity contribution in [2.75, 3.05) is 5.32 Å². The summed E-state index contributed by atoms with van der Waals surface area (Å²) in [6, 6.07) is 9.21. The summed E-state index contributed by atoms with van der Waals surface area (Å²) in [5.74, 6) is 0.782. The summed E-state index contributed by atoms with van der Waals surface area (Å²) in [5, 5.41) is 4.25. The van der Waals surface area contributed by atoms with Crippen LogP contribution < -0.4 is 5.32 Å². The molecule has 1 N–H and O–H groups in total. The van der Waals surface area contributed by atoms with Crippen LogP contribution in [-0.2, 0) is 6.54 Å². The first-order valence-electron chi connectivity index (χ1n) is 4.58. The SMILES string of the molecule is Clc1ccc(CNc2ccc(Br)c(Cl)c2)o1. The zero-order valence-corrected chi connectivity index (χ0v) is 11.2. The molecule has 0 bridgehead atoms. The molecule has 1 aromatic heterocycles. The highest BCUT2D eigenvalue weighted by molar-refractivity contribution is 9.10. The largest absolute Gasteiger partial charge is 0.448 e. The van der Waals surface area contributed by atoms with E-state index in [2.05, 4.69) is 21.2 Å². The van der Waals surface area contributed by atoms with Gasteiger partial charge in [0.1, 0.15) is 5.76 Å². The maximum Gasteiger partial charge on any atom is 0.193 e. The van der Waals surface area contributed by atoms with Gasteiger partial charge in [0, 0.05) is 10.2 Å². The average molecular weight is 321 g/mol. The summed E-state index contributed by atoms with van der Waals surface area (Å²) in [6.07, 6.45) is 0. The van der Waals surface area contributed by atoms with Crippen molar-refractivity contribution in [3.63, 3.8) is 0 Å². The van der Waals surface area contributed by atoms with Crippen LogP contribution in [-0.4, -0.2) is 0 Å². The van der Waals surface area contributed by atoms with Crippen molar-refractivity contribution in [3.8, 4) is 0 Å². The van der Waals surface area contributed by atoms with Gasteiger partial charge in [-0.15, -0.1) is 0 Å². The maximum absolute atomic E-state index is 5.97. The Morgan fingerprint density at radius 2 is 2.00 bits per heavy atom. The van der Waals surface area contributed by atoms with Crippen LogP contribution >= 0.6 is 39.1 Å². The minimum absolute atomic E-state index is 0.394. The first kappa shape index (κ1) is 11.8. The molecule has 0 aliphatic carbocycles. The molecule has 2 nitrogen and oxygen atoms in total. The molecule has 0 spiro atoms. The molecule has 16 heavy (non-hydrogen) atoms. The smallest absolute Gasteiger partial charge is 0.193 e. The Bertz CT molecular complexity index is 498. The van der Waals surface area contributed by atoms with E-state index in [1.807, 2.05) is 24.3 Å². The number of halogens is 3. The second-order valence-corrected chi connectivity index (χ2v) is 4.82. The predicted molar refractivity (Wildman–Crippen MR) is 70.2 cm³/mol. The molecular formula is C11H8BrCl2NO. The number of furan rings is 1. The van der Waals surface area contributed by atoms with Gasteiger partial charge in [-0.25, -0.2) is 0 Å². The lowest BCUT2D eigenvalue weighted by atomic mass is 10.3. The van der Waals surface area contributed by atoms with Gasteiger partial charge in [-0.2, -0.15) is 0 Å². The zero-order valence-electron chi connectivity index (χ0n) is 8.14. The quantitative estimate of drug-likeness (QED) is 0.864. The molecule has 1 heterocycles. The molecule has 0 saturated carbocycles. The maximum atomic E-state index is 5.97. The molecule has 84 valence electrons. The molecule has 5 heteroatoms. The second kappa shape index (κ2) is 5.13. The molecule has 0 amide bonds. The summed E-state index contributed by atoms with van der Waals surface area (Å²) < 4.78 is 6.10. The van der Waals surface area contributed by atoms with E-state index < -0.39 is 0 Å². The third-order valence-corrected chi connectivity index (χ3v) is 3.45. The first-order valence-corrected chi connectivity index (χ1v) is 6.13. The minimum atomic E-state index is 0.394. The number of benzene rings is 1. The van der Waals surface area contributed by atoms with Crippen molar-refractivity contribution in [2.45, 2.75) is 6.54 Å². The van der Waals surface area contributed by atoms with Gasteiger partial charge < -0.3 is 9.73 Å². The van der Waals surface area contributed by atoms with Crippen molar-refractivity contribution in [3.05, 3.63) is 50.8 Å². The fraction of sp³-hybridized carbons (Fsp3) is 0.0909. The Morgan fingerprint density at radius 3 is 2.62 bits per heavy atom. The topological polar surface area (TPSA) is 25.2 Å². The number of hydrogen-bond acceptors (Lipinski definition) is 2. The van der Waals surface area contributed by atoms with Crippen LogP contribution in [0.4, 0.5) is 5.69 Å². The van der Waals surface area contributed by atoms with Gasteiger partial charge in [0.25, 0.3) is 0 Å². The molecule has 0 fully saturated rings. The third-order valence-electron chi connectivity index (χ3n) is 2.02. The van der Waals surface area contributed by atoms with Crippen molar-refractivity contribution in [2.24, 2.45) is 0 Å². The van der Waals surface area contributed by atoms with Gasteiger partial charge >= 0.3 is 0 Å². The Kier molecular flexibility index (Phi) is 3.79. The molecule has 0 radical (unpaired) electrons. The summed E-state index contributed by atoms with van der Waals surface area (Å²) in [7, 11) is 0. The van der Waals surface area contributed by atoms with Gasteiger partial charge in [-0.3, -0.25) is 0 Å². The highest BCUT2D eigenvalue weighted by Crippen LogP contribution is 2.26. The van der Waals surface area contributed by atoms with Crippen molar-refractivity contribution < 1.29 is 4.42 Å². The molecule has 2 rings (SSSR count). The Labute approximate surface area is 112 Å². The molecule has 1 aromatic carbocycles. The van der Waals surface area contributed by atoms with E-state index in [1.165, 1.54) is 0 Å². The number of rotatable bonds is 3. The van der Waals surface area contributed by atoms with Crippen LogP contribution in [0, 0.1) is 0 Å². The minimum Gasteiger partial charge on any atom is -0.448 e. The number of hydrogen-bond donors (Lipinski definition) is 1. The van der Waals surface area contributed by atoms with Crippen LogP contribution in [0.1, 0.15) is 5.76 Å². The molecule has 0 atom stereocenters. The van der Waals surface area contributed by atoms with Crippen LogP contribution in [0.15, 0.2) is 39.2 Å². The first-order chi connectivity index (χ1) is 7.65. The van der Waals surface area contributed by atoms with Crippen LogP contribution in [0.3, 0.4) is 0 Å². The Balaban J connectivity index is 2.02. The molecule has 0 aliphatic rings. The Hall–Kier alpha value is -0.640. The fourth-order valence-electron chi connectivity index (χ4n) is 1.24. The normalized spacial score (nSPS) is 10.4. The van der Waals surface area contributed by atoms with Crippen molar-refractivity contribution in [1.29, 1.82) is 0 Å². The lowest BCUT2D eigenvalue weighted by Crippen LogP contribution is -1.97. The lowest BCUT2D eigenvalue weighted by Gasteiger charge is -2.05. The monoisotopic (exact) mass is 319 g/mol. The average Bonchev–Trinajstić information content (AvgIpc) is 2.66. The summed E-state index contributed by atoms with van der Waals surface area (Å²) in [4.78, 5) is 0. The third kappa shape index (κ3) is 2.94. The number of anilines is 1. The predicted octanol–water partition coefficient (Wildman–Crippen LogP) is 4.96. The van der Waals surface area contributed by atoms with Gasteiger partial charge in [-0.05, 0) is 57.9 Å². The highest BCUT2D eigenvalue weighted by atomic mass is 79.9. The van der Waals surface area contributed by atoms with Crippen LogP contribution in [0.25, 0.3) is 0 Å². The van der Waals surface area contributed by atoms with E-state index >= 15 is 0 Å². The summed E-state index contributed by atoms with van der Waals surface area (Å²) in [6.45, 7) is 0.574. The molecule has 0 saturated heterocycles. The van der Waals surface area contributed by atoms with E-state index in [4.69, 9.17) is 27.6 Å². The summed E-state index contributed by atoms with van der Waals surface area (Å²) in [5.41, 5.74) is 0.931. The Morgan fingerprint density at radius 1 is 1.19 bits per heavy atom. The molecule has 0 unspecified atom stereocenters. The lowest BCUT2D eigenvalue weighted by molar-refractivity contribution is 0.520. The van der Waals surface area contributed by atoms with Crippen molar-refractivity contribution >= 4 is 44.8 Å². The standard InChI is InChI=1S/C11H8BrCl2NO/c12-9-3-1-7(5-10(9)13)15-6-8-2-4-11(14)16-8/h1-5,15H,6H2. The summed E-state index contributed by atoms with van der Waals surface area (Å²) >= 11 is 15.0. The zero-order chi connectivity index (χ0) is 11.5. The van der Waals surface area contributed by atoms with Gasteiger partial charge in [-0.1, -0.05) is 11.6 Å². The van der Waals surface area contributed by atoms with Crippen LogP contribution in [0.5, 0.6) is 0 Å².